The molecule has 0 N–H and O–H groups in total. The number of hydrogen-bond donors (Lipinski definition) is 0. The number of hydrogen-bond acceptors (Lipinski definition) is 2. The Morgan fingerprint density at radius 1 is 1.00 bits per heavy atom. The molecule has 1 fully saturated rings. The standard InChI is InChI=1S/C6H10I2O2/c7-1-5-3-10-6(2-8)4-9-5/h5-6H,1-4H2/t5-,6+. The fraction of sp³-hybridized carbons (Fsp3) is 1.00. The maximum absolute atomic E-state index is 5.49. The monoisotopic (exact) mass is 368 g/mol. The van der Waals surface area contributed by atoms with Gasteiger partial charge in [-0.15, -0.1) is 0 Å². The van der Waals surface area contributed by atoms with Crippen molar-refractivity contribution in [3.05, 3.63) is 0 Å². The molecule has 0 spiro atoms. The second kappa shape index (κ2) is 5.10. The Hall–Kier alpha value is 1.38. The van der Waals surface area contributed by atoms with Crippen LogP contribution < -0.4 is 0 Å². The van der Waals surface area contributed by atoms with Crippen LogP contribution in [0.2, 0.25) is 0 Å². The van der Waals surface area contributed by atoms with Crippen LogP contribution in [0.25, 0.3) is 0 Å². The summed E-state index contributed by atoms with van der Waals surface area (Å²) in [5.41, 5.74) is 0. The van der Waals surface area contributed by atoms with E-state index < -0.39 is 0 Å². The molecule has 0 bridgehead atoms. The van der Waals surface area contributed by atoms with Gasteiger partial charge in [0.05, 0.1) is 25.4 Å². The van der Waals surface area contributed by atoms with Crippen LogP contribution in [-0.2, 0) is 9.47 Å². The number of alkyl halides is 2. The van der Waals surface area contributed by atoms with Crippen molar-refractivity contribution in [2.45, 2.75) is 12.2 Å². The molecule has 2 nitrogen and oxygen atoms in total. The Kier molecular flexibility index (Phi) is 4.83. The van der Waals surface area contributed by atoms with Gasteiger partial charge in [0.2, 0.25) is 0 Å². The first-order valence-corrected chi connectivity index (χ1v) is 6.27. The molecule has 1 saturated heterocycles. The summed E-state index contributed by atoms with van der Waals surface area (Å²) in [4.78, 5) is 0. The molecule has 1 rings (SSSR count). The van der Waals surface area contributed by atoms with Crippen molar-refractivity contribution in [1.82, 2.24) is 0 Å². The molecule has 0 aliphatic carbocycles. The van der Waals surface area contributed by atoms with E-state index in [4.69, 9.17) is 9.47 Å². The zero-order valence-electron chi connectivity index (χ0n) is 5.56. The van der Waals surface area contributed by atoms with Crippen LogP contribution in [0.3, 0.4) is 0 Å². The van der Waals surface area contributed by atoms with Gasteiger partial charge in [-0.25, -0.2) is 0 Å². The second-order valence-corrected chi connectivity index (χ2v) is 3.98. The van der Waals surface area contributed by atoms with Crippen molar-refractivity contribution in [3.63, 3.8) is 0 Å². The van der Waals surface area contributed by atoms with Crippen LogP contribution in [0.15, 0.2) is 0 Å². The first-order chi connectivity index (χ1) is 4.86. The molecule has 0 radical (unpaired) electrons. The van der Waals surface area contributed by atoms with E-state index in [-0.39, 0.29) is 0 Å². The van der Waals surface area contributed by atoms with Crippen molar-refractivity contribution < 1.29 is 9.47 Å². The third-order valence-corrected chi connectivity index (χ3v) is 3.34. The molecule has 1 aliphatic rings. The van der Waals surface area contributed by atoms with Gasteiger partial charge < -0.3 is 9.47 Å². The maximum Gasteiger partial charge on any atom is 0.0899 e. The first-order valence-electron chi connectivity index (χ1n) is 3.22. The number of halogens is 2. The highest BCUT2D eigenvalue weighted by Gasteiger charge is 2.19. The van der Waals surface area contributed by atoms with Gasteiger partial charge in [-0.1, -0.05) is 45.2 Å². The van der Waals surface area contributed by atoms with E-state index in [9.17, 15) is 0 Å². The van der Waals surface area contributed by atoms with Gasteiger partial charge in [0.15, 0.2) is 0 Å². The number of rotatable bonds is 2. The predicted octanol–water partition coefficient (Wildman–Crippen LogP) is 1.64. The van der Waals surface area contributed by atoms with Gasteiger partial charge in [0, 0.05) is 8.86 Å². The molecule has 2 atom stereocenters. The highest BCUT2D eigenvalue weighted by Crippen LogP contribution is 2.10. The van der Waals surface area contributed by atoms with Gasteiger partial charge in [0.1, 0.15) is 0 Å². The van der Waals surface area contributed by atoms with E-state index >= 15 is 0 Å². The Balaban J connectivity index is 2.17. The van der Waals surface area contributed by atoms with Crippen molar-refractivity contribution >= 4 is 45.2 Å². The van der Waals surface area contributed by atoms with E-state index in [0.717, 1.165) is 22.1 Å². The second-order valence-electron chi connectivity index (χ2n) is 2.22. The molecule has 1 aliphatic heterocycles. The van der Waals surface area contributed by atoms with Crippen molar-refractivity contribution in [2.24, 2.45) is 0 Å². The van der Waals surface area contributed by atoms with E-state index in [1.54, 1.807) is 0 Å². The van der Waals surface area contributed by atoms with E-state index in [2.05, 4.69) is 45.2 Å². The topological polar surface area (TPSA) is 18.5 Å². The highest BCUT2D eigenvalue weighted by atomic mass is 127. The molecule has 0 aromatic rings. The van der Waals surface area contributed by atoms with Gasteiger partial charge in [0.25, 0.3) is 0 Å². The van der Waals surface area contributed by atoms with Gasteiger partial charge in [-0.2, -0.15) is 0 Å². The van der Waals surface area contributed by atoms with E-state index in [1.807, 2.05) is 0 Å². The first kappa shape index (κ1) is 9.47. The zero-order chi connectivity index (χ0) is 7.40. The third kappa shape index (κ3) is 2.78. The quantitative estimate of drug-likeness (QED) is 0.545. The van der Waals surface area contributed by atoms with Crippen LogP contribution in [-0.4, -0.2) is 34.3 Å². The summed E-state index contributed by atoms with van der Waals surface area (Å²) >= 11 is 4.64. The van der Waals surface area contributed by atoms with Crippen molar-refractivity contribution in [2.75, 3.05) is 22.1 Å². The lowest BCUT2D eigenvalue weighted by molar-refractivity contribution is -0.113. The molecule has 0 saturated carbocycles. The predicted molar refractivity (Wildman–Crippen MR) is 57.3 cm³/mol. The maximum atomic E-state index is 5.49. The average Bonchev–Trinajstić information content (AvgIpc) is 2.05. The smallest absolute Gasteiger partial charge is 0.0899 e. The fourth-order valence-corrected chi connectivity index (χ4v) is 1.78. The molecule has 0 unspecified atom stereocenters. The lowest BCUT2D eigenvalue weighted by Crippen LogP contribution is -2.37. The normalized spacial score (nSPS) is 34.2. The molecule has 60 valence electrons. The van der Waals surface area contributed by atoms with Crippen molar-refractivity contribution in [3.8, 4) is 0 Å². The minimum atomic E-state index is 0.333. The molecule has 0 amide bonds. The summed E-state index contributed by atoms with van der Waals surface area (Å²) < 4.78 is 13.1. The van der Waals surface area contributed by atoms with Gasteiger partial charge in [-0.05, 0) is 0 Å². The van der Waals surface area contributed by atoms with Crippen LogP contribution in [0, 0.1) is 0 Å². The third-order valence-electron chi connectivity index (χ3n) is 1.38. The summed E-state index contributed by atoms with van der Waals surface area (Å²) in [5.74, 6) is 0. The van der Waals surface area contributed by atoms with E-state index in [0.29, 0.717) is 12.2 Å². The molecule has 0 aromatic carbocycles. The molecule has 0 aromatic heterocycles. The molecular weight excluding hydrogens is 358 g/mol. The van der Waals surface area contributed by atoms with Crippen molar-refractivity contribution in [1.29, 1.82) is 0 Å². The Morgan fingerprint density at radius 2 is 1.40 bits per heavy atom. The lowest BCUT2D eigenvalue weighted by Gasteiger charge is -2.27. The molecular formula is C6H10I2O2. The minimum absolute atomic E-state index is 0.333. The lowest BCUT2D eigenvalue weighted by atomic mass is 10.3. The average molecular weight is 368 g/mol. The number of ether oxygens (including phenoxy) is 2. The summed E-state index contributed by atoms with van der Waals surface area (Å²) in [5, 5.41) is 0. The zero-order valence-corrected chi connectivity index (χ0v) is 9.87. The van der Waals surface area contributed by atoms with Crippen LogP contribution >= 0.6 is 45.2 Å². The Bertz CT molecular complexity index is 79.7. The Labute approximate surface area is 88.3 Å². The summed E-state index contributed by atoms with van der Waals surface area (Å²) in [6, 6.07) is 0. The molecule has 4 heteroatoms. The van der Waals surface area contributed by atoms with Crippen LogP contribution in [0.1, 0.15) is 0 Å². The van der Waals surface area contributed by atoms with Crippen LogP contribution in [0.5, 0.6) is 0 Å². The van der Waals surface area contributed by atoms with Gasteiger partial charge >= 0.3 is 0 Å². The summed E-state index contributed by atoms with van der Waals surface area (Å²) in [6.45, 7) is 1.55. The minimum Gasteiger partial charge on any atom is -0.372 e. The summed E-state index contributed by atoms with van der Waals surface area (Å²) in [7, 11) is 0. The Morgan fingerprint density at radius 3 is 1.60 bits per heavy atom. The van der Waals surface area contributed by atoms with Crippen LogP contribution in [0.4, 0.5) is 0 Å². The SMILES string of the molecule is IC[C@@H]1CO[C@@H](CI)CO1. The molecule has 10 heavy (non-hydrogen) atoms. The van der Waals surface area contributed by atoms with E-state index in [1.165, 1.54) is 0 Å². The molecule has 1 heterocycles. The van der Waals surface area contributed by atoms with Gasteiger partial charge in [-0.3, -0.25) is 0 Å². The fourth-order valence-electron chi connectivity index (χ4n) is 0.761. The largest absolute Gasteiger partial charge is 0.372 e. The highest BCUT2D eigenvalue weighted by molar-refractivity contribution is 14.1. The summed E-state index contributed by atoms with van der Waals surface area (Å²) in [6.07, 6.45) is 0.666.